The molecule has 0 radical (unpaired) electrons. The third kappa shape index (κ3) is 4.42. The zero-order chi connectivity index (χ0) is 11.1. The van der Waals surface area contributed by atoms with E-state index in [-0.39, 0.29) is 0 Å². The van der Waals surface area contributed by atoms with E-state index in [1.54, 1.807) is 7.11 Å². The maximum absolute atomic E-state index is 9.37. The Bertz CT molecular complexity index is 298. The van der Waals surface area contributed by atoms with Crippen molar-refractivity contribution in [1.82, 2.24) is 9.97 Å². The molecule has 0 aliphatic carbocycles. The number of aliphatic hydroxyl groups excluding tert-OH is 1. The maximum Gasteiger partial charge on any atom is 0.148 e. The smallest absolute Gasteiger partial charge is 0.148 e. The number of aromatic nitrogens is 2. The Morgan fingerprint density at radius 2 is 2.47 bits per heavy atom. The molecule has 0 saturated heterocycles. The summed E-state index contributed by atoms with van der Waals surface area (Å²) in [5.74, 6) is 0.580. The van der Waals surface area contributed by atoms with E-state index in [0.717, 1.165) is 0 Å². The molecule has 84 valence electrons. The van der Waals surface area contributed by atoms with Gasteiger partial charge in [-0.2, -0.15) is 0 Å². The molecule has 1 heterocycles. The first-order valence-electron chi connectivity index (χ1n) is 4.60. The fourth-order valence-electron chi connectivity index (χ4n) is 1.08. The second kappa shape index (κ2) is 6.55. The summed E-state index contributed by atoms with van der Waals surface area (Å²) in [5.41, 5.74) is 0. The van der Waals surface area contributed by atoms with Crippen molar-refractivity contribution >= 4 is 17.4 Å². The topological polar surface area (TPSA) is 67.3 Å². The van der Waals surface area contributed by atoms with Crippen molar-refractivity contribution in [2.24, 2.45) is 0 Å². The van der Waals surface area contributed by atoms with E-state index in [0.29, 0.717) is 30.4 Å². The van der Waals surface area contributed by atoms with Gasteiger partial charge in [-0.05, 0) is 6.42 Å². The molecule has 1 aromatic heterocycles. The van der Waals surface area contributed by atoms with Crippen LogP contribution in [-0.4, -0.2) is 41.4 Å². The number of rotatable bonds is 6. The van der Waals surface area contributed by atoms with Crippen molar-refractivity contribution < 1.29 is 9.84 Å². The maximum atomic E-state index is 9.37. The first-order chi connectivity index (χ1) is 7.24. The molecule has 1 unspecified atom stereocenters. The summed E-state index contributed by atoms with van der Waals surface area (Å²) >= 11 is 5.83. The molecule has 6 heteroatoms. The number of aliphatic hydroxyl groups is 1. The molecule has 2 N–H and O–H groups in total. The van der Waals surface area contributed by atoms with Crippen LogP contribution in [0.5, 0.6) is 0 Å². The van der Waals surface area contributed by atoms with Crippen LogP contribution in [0.2, 0.25) is 5.02 Å². The van der Waals surface area contributed by atoms with Gasteiger partial charge in [0.2, 0.25) is 0 Å². The van der Waals surface area contributed by atoms with E-state index in [1.807, 2.05) is 0 Å². The average molecular weight is 232 g/mol. The fourth-order valence-corrected chi connectivity index (χ4v) is 1.25. The standard InChI is InChI=1S/C9H14ClN3O2/c1-15-5-7(14)2-3-12-9-8(10)4-11-6-13-9/h4,6-7,14H,2-3,5H2,1H3,(H,11,12,13). The number of hydrogen-bond acceptors (Lipinski definition) is 5. The van der Waals surface area contributed by atoms with Gasteiger partial charge in [0, 0.05) is 13.7 Å². The Morgan fingerprint density at radius 1 is 1.67 bits per heavy atom. The number of hydrogen-bond donors (Lipinski definition) is 2. The van der Waals surface area contributed by atoms with E-state index >= 15 is 0 Å². The van der Waals surface area contributed by atoms with Gasteiger partial charge in [-0.3, -0.25) is 0 Å². The molecule has 0 amide bonds. The highest BCUT2D eigenvalue weighted by Crippen LogP contribution is 2.15. The largest absolute Gasteiger partial charge is 0.391 e. The molecule has 5 nitrogen and oxygen atoms in total. The Hall–Kier alpha value is -0.910. The van der Waals surface area contributed by atoms with Gasteiger partial charge in [0.15, 0.2) is 0 Å². The quantitative estimate of drug-likeness (QED) is 0.763. The molecule has 0 fully saturated rings. The average Bonchev–Trinajstić information content (AvgIpc) is 2.21. The van der Waals surface area contributed by atoms with Crippen molar-refractivity contribution in [3.05, 3.63) is 17.5 Å². The molecule has 0 bridgehead atoms. The number of anilines is 1. The molecule has 0 aliphatic rings. The first kappa shape index (κ1) is 12.2. The Kier molecular flexibility index (Phi) is 5.31. The van der Waals surface area contributed by atoms with Gasteiger partial charge in [0.1, 0.15) is 17.2 Å². The van der Waals surface area contributed by atoms with Gasteiger partial charge in [-0.15, -0.1) is 0 Å². The van der Waals surface area contributed by atoms with Crippen LogP contribution in [0.1, 0.15) is 6.42 Å². The molecule has 1 atom stereocenters. The van der Waals surface area contributed by atoms with Crippen LogP contribution in [0, 0.1) is 0 Å². The molecule has 15 heavy (non-hydrogen) atoms. The molecule has 1 rings (SSSR count). The minimum absolute atomic E-state index is 0.333. The third-order valence-electron chi connectivity index (χ3n) is 1.80. The summed E-state index contributed by atoms with van der Waals surface area (Å²) in [7, 11) is 1.55. The van der Waals surface area contributed by atoms with E-state index in [4.69, 9.17) is 16.3 Å². The lowest BCUT2D eigenvalue weighted by Crippen LogP contribution is -2.18. The van der Waals surface area contributed by atoms with E-state index in [2.05, 4.69) is 15.3 Å². The lowest BCUT2D eigenvalue weighted by molar-refractivity contribution is 0.0615. The zero-order valence-electron chi connectivity index (χ0n) is 8.48. The summed E-state index contributed by atoms with van der Waals surface area (Å²) in [4.78, 5) is 7.72. The van der Waals surface area contributed by atoms with Crippen molar-refractivity contribution in [1.29, 1.82) is 0 Å². The predicted molar refractivity (Wildman–Crippen MR) is 58.0 cm³/mol. The molecule has 0 aromatic carbocycles. The number of ether oxygens (including phenoxy) is 1. The normalized spacial score (nSPS) is 12.5. The number of nitrogens with one attached hydrogen (secondary N) is 1. The summed E-state index contributed by atoms with van der Waals surface area (Å²) in [6.07, 6.45) is 3.04. The third-order valence-corrected chi connectivity index (χ3v) is 2.07. The van der Waals surface area contributed by atoms with Crippen molar-refractivity contribution in [2.75, 3.05) is 25.6 Å². The van der Waals surface area contributed by atoms with E-state index in [9.17, 15) is 5.11 Å². The lowest BCUT2D eigenvalue weighted by atomic mass is 10.2. The van der Waals surface area contributed by atoms with Crippen LogP contribution in [-0.2, 0) is 4.74 Å². The summed E-state index contributed by atoms with van der Waals surface area (Å²) in [6.45, 7) is 0.917. The summed E-state index contributed by atoms with van der Waals surface area (Å²) in [6, 6.07) is 0. The van der Waals surface area contributed by atoms with Gasteiger partial charge in [0.05, 0.1) is 18.9 Å². The van der Waals surface area contributed by atoms with E-state index in [1.165, 1.54) is 12.5 Å². The Morgan fingerprint density at radius 3 is 3.13 bits per heavy atom. The molecule has 0 saturated carbocycles. The second-order valence-electron chi connectivity index (χ2n) is 3.04. The number of methoxy groups -OCH3 is 1. The van der Waals surface area contributed by atoms with Crippen molar-refractivity contribution in [3.8, 4) is 0 Å². The van der Waals surface area contributed by atoms with Crippen LogP contribution in [0.15, 0.2) is 12.5 Å². The first-order valence-corrected chi connectivity index (χ1v) is 4.98. The highest BCUT2D eigenvalue weighted by atomic mass is 35.5. The van der Waals surface area contributed by atoms with Gasteiger partial charge in [-0.25, -0.2) is 9.97 Å². The second-order valence-corrected chi connectivity index (χ2v) is 3.45. The Balaban J connectivity index is 2.29. The van der Waals surface area contributed by atoms with Gasteiger partial charge in [-0.1, -0.05) is 11.6 Å². The minimum atomic E-state index is -0.469. The SMILES string of the molecule is COCC(O)CCNc1ncncc1Cl. The van der Waals surface area contributed by atoms with Crippen molar-refractivity contribution in [3.63, 3.8) is 0 Å². The summed E-state index contributed by atoms with van der Waals surface area (Å²) < 4.78 is 4.80. The van der Waals surface area contributed by atoms with Crippen LogP contribution in [0.3, 0.4) is 0 Å². The van der Waals surface area contributed by atoms with Gasteiger partial charge in [0.25, 0.3) is 0 Å². The van der Waals surface area contributed by atoms with Gasteiger partial charge >= 0.3 is 0 Å². The van der Waals surface area contributed by atoms with Crippen molar-refractivity contribution in [2.45, 2.75) is 12.5 Å². The predicted octanol–water partition coefficient (Wildman–Crippen LogP) is 0.939. The fraction of sp³-hybridized carbons (Fsp3) is 0.556. The zero-order valence-corrected chi connectivity index (χ0v) is 9.24. The van der Waals surface area contributed by atoms with Crippen LogP contribution in [0.25, 0.3) is 0 Å². The van der Waals surface area contributed by atoms with Gasteiger partial charge < -0.3 is 15.2 Å². The van der Waals surface area contributed by atoms with Crippen LogP contribution >= 0.6 is 11.6 Å². The molecular formula is C9H14ClN3O2. The molecule has 0 aliphatic heterocycles. The monoisotopic (exact) mass is 231 g/mol. The van der Waals surface area contributed by atoms with Crippen LogP contribution in [0.4, 0.5) is 5.82 Å². The molecule has 0 spiro atoms. The Labute approximate surface area is 93.5 Å². The van der Waals surface area contributed by atoms with Crippen LogP contribution < -0.4 is 5.32 Å². The minimum Gasteiger partial charge on any atom is -0.391 e. The highest BCUT2D eigenvalue weighted by Gasteiger charge is 2.04. The molecule has 1 aromatic rings. The number of nitrogens with zero attached hydrogens (tertiary/aromatic N) is 2. The molecular weight excluding hydrogens is 218 g/mol. The number of halogens is 1. The summed E-state index contributed by atoms with van der Waals surface area (Å²) in [5, 5.41) is 12.8. The highest BCUT2D eigenvalue weighted by molar-refractivity contribution is 6.32. The van der Waals surface area contributed by atoms with E-state index < -0.39 is 6.10 Å². The lowest BCUT2D eigenvalue weighted by Gasteiger charge is -2.10.